The van der Waals surface area contributed by atoms with Crippen LogP contribution in [0.3, 0.4) is 0 Å². The van der Waals surface area contributed by atoms with E-state index >= 15 is 0 Å². The molecule has 0 saturated carbocycles. The second-order valence-corrected chi connectivity index (χ2v) is 14.1. The molecule has 8 aromatic carbocycles. The highest BCUT2D eigenvalue weighted by molar-refractivity contribution is 5.89. The van der Waals surface area contributed by atoms with E-state index < -0.39 is 5.41 Å². The summed E-state index contributed by atoms with van der Waals surface area (Å²) in [5.41, 5.74) is 16.9. The van der Waals surface area contributed by atoms with Crippen LogP contribution in [0.1, 0.15) is 22.3 Å². The van der Waals surface area contributed by atoms with E-state index in [0.29, 0.717) is 5.82 Å². The van der Waals surface area contributed by atoms with Gasteiger partial charge in [0.15, 0.2) is 5.82 Å². The minimum atomic E-state index is -0.403. The van der Waals surface area contributed by atoms with Gasteiger partial charge < -0.3 is 0 Å². The van der Waals surface area contributed by atoms with Crippen LogP contribution in [0, 0.1) is 0 Å². The molecule has 258 valence electrons. The zero-order chi connectivity index (χ0) is 36.6. The van der Waals surface area contributed by atoms with E-state index in [2.05, 4.69) is 194 Å². The lowest BCUT2D eigenvalue weighted by atomic mass is 9.67. The minimum absolute atomic E-state index is 0.403. The summed E-state index contributed by atoms with van der Waals surface area (Å²) in [6, 6.07) is 78.1. The molecule has 0 amide bonds. The maximum absolute atomic E-state index is 5.10. The third-order valence-electron chi connectivity index (χ3n) is 11.0. The number of hydrogen-bond donors (Lipinski definition) is 0. The average Bonchev–Trinajstić information content (AvgIpc) is 3.58. The molecule has 0 fully saturated rings. The highest BCUT2D eigenvalue weighted by atomic mass is 14.9. The SMILES string of the molecule is c1ccc(-c2ccc(-c3cc(-c4ccc(-c5ccc6c(c5)-c5ccccc5C6(c5ccccc5)c5ccccc5)cc4)nc(-c4ccccc4)n3)cc2)cc1. The van der Waals surface area contributed by atoms with E-state index in [0.717, 1.165) is 33.6 Å². The summed E-state index contributed by atoms with van der Waals surface area (Å²) in [6.07, 6.45) is 0. The van der Waals surface area contributed by atoms with Crippen LogP contribution in [0.4, 0.5) is 0 Å². The Morgan fingerprint density at radius 2 is 0.673 bits per heavy atom. The molecule has 1 aromatic heterocycles. The molecular weight excluding hydrogens is 665 g/mol. The normalized spacial score (nSPS) is 12.5. The predicted molar refractivity (Wildman–Crippen MR) is 227 cm³/mol. The van der Waals surface area contributed by atoms with Crippen LogP contribution in [-0.4, -0.2) is 9.97 Å². The molecule has 1 aliphatic rings. The van der Waals surface area contributed by atoms with E-state index in [-0.39, 0.29) is 0 Å². The van der Waals surface area contributed by atoms with Gasteiger partial charge in [0.05, 0.1) is 16.8 Å². The first-order valence-electron chi connectivity index (χ1n) is 18.8. The monoisotopic (exact) mass is 700 g/mol. The highest BCUT2D eigenvalue weighted by Crippen LogP contribution is 2.56. The first-order valence-corrected chi connectivity index (χ1v) is 18.8. The fourth-order valence-electron chi connectivity index (χ4n) is 8.39. The third kappa shape index (κ3) is 5.67. The molecule has 2 heteroatoms. The van der Waals surface area contributed by atoms with Crippen LogP contribution in [-0.2, 0) is 5.41 Å². The van der Waals surface area contributed by atoms with Crippen molar-refractivity contribution in [2.45, 2.75) is 5.41 Å². The number of hydrogen-bond acceptors (Lipinski definition) is 2. The first kappa shape index (κ1) is 32.5. The van der Waals surface area contributed by atoms with Gasteiger partial charge in [0.1, 0.15) is 0 Å². The van der Waals surface area contributed by atoms with Crippen molar-refractivity contribution in [2.75, 3.05) is 0 Å². The van der Waals surface area contributed by atoms with Gasteiger partial charge in [-0.15, -0.1) is 0 Å². The van der Waals surface area contributed by atoms with Crippen LogP contribution in [0.2, 0.25) is 0 Å². The van der Waals surface area contributed by atoms with Crippen molar-refractivity contribution in [3.8, 4) is 67.3 Å². The van der Waals surface area contributed by atoms with Crippen molar-refractivity contribution >= 4 is 0 Å². The summed E-state index contributed by atoms with van der Waals surface area (Å²) in [7, 11) is 0. The van der Waals surface area contributed by atoms with E-state index in [9.17, 15) is 0 Å². The van der Waals surface area contributed by atoms with E-state index in [1.807, 2.05) is 24.3 Å². The lowest BCUT2D eigenvalue weighted by Gasteiger charge is -2.33. The Hall–Kier alpha value is -7.16. The summed E-state index contributed by atoms with van der Waals surface area (Å²) >= 11 is 0. The summed E-state index contributed by atoms with van der Waals surface area (Å²) in [4.78, 5) is 10.2. The standard InChI is InChI=1S/C53H36N2/c1-5-15-37(16-6-1)38-25-29-40(30-26-38)50-36-51(55-52(54-50)42-17-7-2-8-18-42)41-31-27-39(28-32-41)43-33-34-49-47(35-43)46-23-13-14-24-48(46)53(49,44-19-9-3-10-20-44)45-21-11-4-12-22-45/h1-36H. The van der Waals surface area contributed by atoms with E-state index in [1.54, 1.807) is 0 Å². The number of fused-ring (bicyclic) bond motifs is 3. The van der Waals surface area contributed by atoms with Gasteiger partial charge in [0.25, 0.3) is 0 Å². The fraction of sp³-hybridized carbons (Fsp3) is 0.0189. The number of aromatic nitrogens is 2. The molecule has 55 heavy (non-hydrogen) atoms. The van der Waals surface area contributed by atoms with Gasteiger partial charge in [-0.1, -0.05) is 206 Å². The summed E-state index contributed by atoms with van der Waals surface area (Å²) in [6.45, 7) is 0. The maximum atomic E-state index is 5.10. The minimum Gasteiger partial charge on any atom is -0.228 e. The van der Waals surface area contributed by atoms with Crippen LogP contribution < -0.4 is 0 Å². The van der Waals surface area contributed by atoms with Crippen LogP contribution in [0.5, 0.6) is 0 Å². The van der Waals surface area contributed by atoms with Gasteiger partial charge >= 0.3 is 0 Å². The molecule has 0 aliphatic heterocycles. The molecule has 0 bridgehead atoms. The van der Waals surface area contributed by atoms with Gasteiger partial charge in [0.2, 0.25) is 0 Å². The van der Waals surface area contributed by atoms with Gasteiger partial charge in [-0.3, -0.25) is 0 Å². The largest absolute Gasteiger partial charge is 0.228 e. The Bertz CT molecular complexity index is 2720. The smallest absolute Gasteiger partial charge is 0.160 e. The van der Waals surface area contributed by atoms with Crippen molar-refractivity contribution in [1.29, 1.82) is 0 Å². The number of rotatable bonds is 7. The lowest BCUT2D eigenvalue weighted by molar-refractivity contribution is 0.768. The zero-order valence-electron chi connectivity index (χ0n) is 30.2. The Balaban J connectivity index is 1.04. The molecule has 0 atom stereocenters. The Labute approximate surface area is 322 Å². The third-order valence-corrected chi connectivity index (χ3v) is 11.0. The molecule has 2 nitrogen and oxygen atoms in total. The molecule has 0 unspecified atom stereocenters. The maximum Gasteiger partial charge on any atom is 0.160 e. The van der Waals surface area contributed by atoms with Gasteiger partial charge in [-0.05, 0) is 67.8 Å². The summed E-state index contributed by atoms with van der Waals surface area (Å²) < 4.78 is 0. The Morgan fingerprint density at radius 3 is 1.24 bits per heavy atom. The quantitative estimate of drug-likeness (QED) is 0.165. The predicted octanol–water partition coefficient (Wildman–Crippen LogP) is 13.2. The molecule has 0 radical (unpaired) electrons. The molecule has 0 spiro atoms. The topological polar surface area (TPSA) is 25.8 Å². The molecule has 1 aliphatic carbocycles. The second-order valence-electron chi connectivity index (χ2n) is 14.1. The molecule has 10 rings (SSSR count). The highest BCUT2D eigenvalue weighted by Gasteiger charge is 2.45. The second kappa shape index (κ2) is 13.7. The van der Waals surface area contributed by atoms with Crippen LogP contribution in [0.25, 0.3) is 67.3 Å². The number of benzene rings is 8. The summed E-state index contributed by atoms with van der Waals surface area (Å²) in [5, 5.41) is 0. The van der Waals surface area contributed by atoms with E-state index in [1.165, 1.54) is 50.1 Å². The van der Waals surface area contributed by atoms with E-state index in [4.69, 9.17) is 9.97 Å². The Kier molecular flexibility index (Phi) is 8.08. The lowest BCUT2D eigenvalue weighted by Crippen LogP contribution is -2.28. The Morgan fingerprint density at radius 1 is 0.273 bits per heavy atom. The van der Waals surface area contributed by atoms with Crippen molar-refractivity contribution in [2.24, 2.45) is 0 Å². The molecule has 0 saturated heterocycles. The molecular formula is C53H36N2. The van der Waals surface area contributed by atoms with Gasteiger partial charge in [-0.25, -0.2) is 9.97 Å². The van der Waals surface area contributed by atoms with Crippen LogP contribution >= 0.6 is 0 Å². The van der Waals surface area contributed by atoms with Crippen molar-refractivity contribution in [3.63, 3.8) is 0 Å². The van der Waals surface area contributed by atoms with Gasteiger partial charge in [0, 0.05) is 16.7 Å². The van der Waals surface area contributed by atoms with Crippen molar-refractivity contribution < 1.29 is 0 Å². The first-order chi connectivity index (χ1) is 27.3. The van der Waals surface area contributed by atoms with Crippen molar-refractivity contribution in [3.05, 3.63) is 241 Å². The summed E-state index contributed by atoms with van der Waals surface area (Å²) in [5.74, 6) is 0.710. The van der Waals surface area contributed by atoms with Crippen molar-refractivity contribution in [1.82, 2.24) is 9.97 Å². The molecule has 0 N–H and O–H groups in total. The van der Waals surface area contributed by atoms with Crippen LogP contribution in [0.15, 0.2) is 218 Å². The zero-order valence-corrected chi connectivity index (χ0v) is 30.2. The molecule has 1 heterocycles. The molecule has 9 aromatic rings. The fourth-order valence-corrected chi connectivity index (χ4v) is 8.39. The average molecular weight is 701 g/mol. The van der Waals surface area contributed by atoms with Gasteiger partial charge in [-0.2, -0.15) is 0 Å². The number of nitrogens with zero attached hydrogens (tertiary/aromatic N) is 2.